The standard InChI is InChI=1S/C10H14BrNO2/c11-7-6-10(14)12-8-4-2-1-3-5-9(8)13/h8-9,13H,1-5H2,(H,12,14). The molecule has 1 fully saturated rings. The third kappa shape index (κ3) is 3.69. The van der Waals surface area contributed by atoms with Gasteiger partial charge >= 0.3 is 0 Å². The molecule has 0 saturated heterocycles. The van der Waals surface area contributed by atoms with Crippen molar-refractivity contribution in [2.75, 3.05) is 0 Å². The molecule has 0 radical (unpaired) electrons. The van der Waals surface area contributed by atoms with Crippen LogP contribution in [0.4, 0.5) is 0 Å². The SMILES string of the molecule is O=C(C#CBr)NC1CCCCCC1O. The van der Waals surface area contributed by atoms with Crippen LogP contribution < -0.4 is 5.32 Å². The van der Waals surface area contributed by atoms with Crippen molar-refractivity contribution < 1.29 is 9.90 Å². The van der Waals surface area contributed by atoms with Crippen molar-refractivity contribution in [2.45, 2.75) is 44.2 Å². The van der Waals surface area contributed by atoms with Crippen LogP contribution in [0.5, 0.6) is 0 Å². The topological polar surface area (TPSA) is 49.3 Å². The third-order valence-electron chi connectivity index (χ3n) is 2.46. The molecule has 4 heteroatoms. The number of aliphatic hydroxyl groups excluding tert-OH is 1. The first kappa shape index (κ1) is 11.5. The summed E-state index contributed by atoms with van der Waals surface area (Å²) in [4.78, 5) is 13.5. The van der Waals surface area contributed by atoms with Gasteiger partial charge in [-0.2, -0.15) is 0 Å². The van der Waals surface area contributed by atoms with E-state index in [0.29, 0.717) is 0 Å². The van der Waals surface area contributed by atoms with E-state index in [1.54, 1.807) is 0 Å². The lowest BCUT2D eigenvalue weighted by Gasteiger charge is -2.20. The molecule has 1 aliphatic rings. The number of hydrogen-bond donors (Lipinski definition) is 2. The number of carbonyl (C=O) groups excluding carboxylic acids is 1. The van der Waals surface area contributed by atoms with Crippen LogP contribution in [0.25, 0.3) is 0 Å². The highest BCUT2D eigenvalue weighted by molar-refractivity contribution is 9.12. The summed E-state index contributed by atoms with van der Waals surface area (Å²) < 4.78 is 0. The monoisotopic (exact) mass is 259 g/mol. The van der Waals surface area contributed by atoms with Crippen LogP contribution in [0, 0.1) is 10.8 Å². The van der Waals surface area contributed by atoms with E-state index in [-0.39, 0.29) is 11.9 Å². The smallest absolute Gasteiger partial charge is 0.297 e. The summed E-state index contributed by atoms with van der Waals surface area (Å²) in [6, 6.07) is -0.127. The molecule has 78 valence electrons. The van der Waals surface area contributed by atoms with Gasteiger partial charge in [0.05, 0.1) is 12.1 Å². The summed E-state index contributed by atoms with van der Waals surface area (Å²) in [6.45, 7) is 0. The molecule has 1 aliphatic carbocycles. The second-order valence-corrected chi connectivity index (χ2v) is 3.90. The van der Waals surface area contributed by atoms with E-state index in [4.69, 9.17) is 0 Å². The van der Waals surface area contributed by atoms with Crippen molar-refractivity contribution in [3.8, 4) is 10.8 Å². The van der Waals surface area contributed by atoms with Crippen LogP contribution in [0.2, 0.25) is 0 Å². The Balaban J connectivity index is 2.46. The molecule has 2 unspecified atom stereocenters. The lowest BCUT2D eigenvalue weighted by atomic mass is 10.1. The van der Waals surface area contributed by atoms with E-state index < -0.39 is 6.10 Å². The predicted octanol–water partition coefficient (Wildman–Crippen LogP) is 1.15. The minimum atomic E-state index is -0.418. The molecular weight excluding hydrogens is 246 g/mol. The zero-order valence-corrected chi connectivity index (χ0v) is 9.51. The first-order valence-electron chi connectivity index (χ1n) is 4.84. The molecule has 1 rings (SSSR count). The van der Waals surface area contributed by atoms with E-state index in [2.05, 4.69) is 32.0 Å². The Bertz CT molecular complexity index is 257. The summed E-state index contributed by atoms with van der Waals surface area (Å²) in [7, 11) is 0. The molecule has 2 N–H and O–H groups in total. The number of halogens is 1. The van der Waals surface area contributed by atoms with Crippen molar-refractivity contribution in [1.29, 1.82) is 0 Å². The van der Waals surface area contributed by atoms with Crippen LogP contribution in [0.1, 0.15) is 32.1 Å². The lowest BCUT2D eigenvalue weighted by Crippen LogP contribution is -2.42. The van der Waals surface area contributed by atoms with Gasteiger partial charge in [-0.15, -0.1) is 0 Å². The summed E-state index contributed by atoms with van der Waals surface area (Å²) in [6.07, 6.45) is 4.43. The minimum absolute atomic E-state index is 0.127. The summed E-state index contributed by atoms with van der Waals surface area (Å²) >= 11 is 2.86. The van der Waals surface area contributed by atoms with E-state index in [1.165, 1.54) is 0 Å². The highest BCUT2D eigenvalue weighted by atomic mass is 79.9. The average molecular weight is 260 g/mol. The average Bonchev–Trinajstić information content (AvgIpc) is 2.33. The lowest BCUT2D eigenvalue weighted by molar-refractivity contribution is -0.117. The fraction of sp³-hybridized carbons (Fsp3) is 0.700. The quantitative estimate of drug-likeness (QED) is 0.549. The zero-order chi connectivity index (χ0) is 10.4. The fourth-order valence-electron chi connectivity index (χ4n) is 1.70. The Kier molecular flexibility index (Phi) is 4.99. The Morgan fingerprint density at radius 2 is 2.07 bits per heavy atom. The first-order chi connectivity index (χ1) is 6.74. The number of rotatable bonds is 1. The van der Waals surface area contributed by atoms with Crippen molar-refractivity contribution in [2.24, 2.45) is 0 Å². The van der Waals surface area contributed by atoms with Gasteiger partial charge in [0.1, 0.15) is 0 Å². The highest BCUT2D eigenvalue weighted by Gasteiger charge is 2.22. The third-order valence-corrected chi connectivity index (χ3v) is 2.65. The molecule has 0 heterocycles. The van der Waals surface area contributed by atoms with Crippen LogP contribution in [-0.4, -0.2) is 23.2 Å². The van der Waals surface area contributed by atoms with Crippen LogP contribution in [0.3, 0.4) is 0 Å². The van der Waals surface area contributed by atoms with E-state index >= 15 is 0 Å². The second-order valence-electron chi connectivity index (χ2n) is 3.50. The van der Waals surface area contributed by atoms with Crippen molar-refractivity contribution in [3.05, 3.63) is 0 Å². The molecule has 2 atom stereocenters. The van der Waals surface area contributed by atoms with E-state index in [0.717, 1.165) is 32.1 Å². The first-order valence-corrected chi connectivity index (χ1v) is 5.63. The second kappa shape index (κ2) is 6.05. The van der Waals surface area contributed by atoms with Gasteiger partial charge in [0.2, 0.25) is 0 Å². The van der Waals surface area contributed by atoms with Crippen molar-refractivity contribution in [1.82, 2.24) is 5.32 Å². The molecule has 0 spiro atoms. The van der Waals surface area contributed by atoms with Crippen molar-refractivity contribution in [3.63, 3.8) is 0 Å². The summed E-state index contributed by atoms with van der Waals surface area (Å²) in [5.41, 5.74) is 0. The molecule has 0 bridgehead atoms. The van der Waals surface area contributed by atoms with Crippen LogP contribution in [-0.2, 0) is 4.79 Å². The van der Waals surface area contributed by atoms with Gasteiger partial charge in [-0.25, -0.2) is 0 Å². The Labute approximate surface area is 92.4 Å². The number of nitrogens with one attached hydrogen (secondary N) is 1. The maximum atomic E-state index is 11.1. The molecule has 0 aromatic carbocycles. The summed E-state index contributed by atoms with van der Waals surface area (Å²) in [5, 5.41) is 12.4. The van der Waals surface area contributed by atoms with Gasteiger partial charge in [0.25, 0.3) is 5.91 Å². The zero-order valence-electron chi connectivity index (χ0n) is 7.92. The molecule has 0 aromatic rings. The van der Waals surface area contributed by atoms with Gasteiger partial charge in [0, 0.05) is 21.9 Å². The van der Waals surface area contributed by atoms with Gasteiger partial charge in [0.15, 0.2) is 0 Å². The van der Waals surface area contributed by atoms with Gasteiger partial charge < -0.3 is 10.4 Å². The van der Waals surface area contributed by atoms with Gasteiger partial charge in [-0.3, -0.25) is 4.79 Å². The summed E-state index contributed by atoms with van der Waals surface area (Å²) in [5.74, 6) is 2.01. The van der Waals surface area contributed by atoms with Gasteiger partial charge in [-0.05, 0) is 17.7 Å². The van der Waals surface area contributed by atoms with Gasteiger partial charge in [-0.1, -0.05) is 19.3 Å². The number of hydrogen-bond acceptors (Lipinski definition) is 2. The minimum Gasteiger partial charge on any atom is -0.391 e. The fourth-order valence-corrected chi connectivity index (χ4v) is 1.88. The number of aliphatic hydroxyl groups is 1. The molecular formula is C10H14BrNO2. The highest BCUT2D eigenvalue weighted by Crippen LogP contribution is 2.17. The Morgan fingerprint density at radius 1 is 1.36 bits per heavy atom. The molecule has 0 aromatic heterocycles. The molecule has 14 heavy (non-hydrogen) atoms. The molecule has 0 aliphatic heterocycles. The van der Waals surface area contributed by atoms with Crippen LogP contribution in [0.15, 0.2) is 0 Å². The maximum Gasteiger partial charge on any atom is 0.297 e. The largest absolute Gasteiger partial charge is 0.391 e. The van der Waals surface area contributed by atoms with Crippen molar-refractivity contribution >= 4 is 21.8 Å². The Hall–Kier alpha value is -0.530. The molecule has 1 saturated carbocycles. The van der Waals surface area contributed by atoms with E-state index in [1.807, 2.05) is 0 Å². The van der Waals surface area contributed by atoms with E-state index in [9.17, 15) is 9.90 Å². The molecule has 1 amide bonds. The Morgan fingerprint density at radius 3 is 2.79 bits per heavy atom. The number of carbonyl (C=O) groups is 1. The van der Waals surface area contributed by atoms with Crippen LogP contribution >= 0.6 is 15.9 Å². The number of amides is 1. The maximum absolute atomic E-state index is 11.1. The molecule has 3 nitrogen and oxygen atoms in total. The normalized spacial score (nSPS) is 27.0. The predicted molar refractivity (Wildman–Crippen MR) is 57.7 cm³/mol.